The van der Waals surface area contributed by atoms with Gasteiger partial charge in [-0.2, -0.15) is 4.98 Å². The maximum Gasteiger partial charge on any atom is 0.231 e. The summed E-state index contributed by atoms with van der Waals surface area (Å²) in [6, 6.07) is -0.0312. The molecule has 1 aromatic rings. The Bertz CT molecular complexity index is 600. The number of carbonyl (C=O) groups is 2. The third-order valence-corrected chi connectivity index (χ3v) is 5.03. The van der Waals surface area contributed by atoms with Crippen LogP contribution in [-0.2, 0) is 9.59 Å². The van der Waals surface area contributed by atoms with Crippen LogP contribution >= 0.6 is 0 Å². The molecule has 2 atom stereocenters. The molecule has 0 bridgehead atoms. The maximum atomic E-state index is 12.7. The van der Waals surface area contributed by atoms with Crippen molar-refractivity contribution in [1.29, 1.82) is 0 Å². The lowest BCUT2D eigenvalue weighted by molar-refractivity contribution is -0.139. The Kier molecular flexibility index (Phi) is 5.16. The van der Waals surface area contributed by atoms with Gasteiger partial charge in [-0.25, -0.2) is 0 Å². The minimum absolute atomic E-state index is 0.0312. The molecule has 1 aromatic heterocycles. The van der Waals surface area contributed by atoms with Gasteiger partial charge in [-0.3, -0.25) is 9.59 Å². The molecule has 0 N–H and O–H groups in total. The summed E-state index contributed by atoms with van der Waals surface area (Å²) in [5.74, 6) is 1.67. The maximum absolute atomic E-state index is 12.7. The Morgan fingerprint density at radius 3 is 2.88 bits per heavy atom. The molecule has 0 aliphatic carbocycles. The second-order valence-corrected chi connectivity index (χ2v) is 6.96. The van der Waals surface area contributed by atoms with Crippen molar-refractivity contribution >= 4 is 11.8 Å². The van der Waals surface area contributed by atoms with Crippen molar-refractivity contribution in [2.24, 2.45) is 0 Å². The number of likely N-dealkylation sites (tertiary alicyclic amines) is 2. The summed E-state index contributed by atoms with van der Waals surface area (Å²) in [5, 5.41) is 3.85. The van der Waals surface area contributed by atoms with Crippen LogP contribution in [0.5, 0.6) is 0 Å². The van der Waals surface area contributed by atoms with E-state index in [-0.39, 0.29) is 23.8 Å². The average Bonchev–Trinajstić information content (AvgIpc) is 3.02. The van der Waals surface area contributed by atoms with E-state index in [0.29, 0.717) is 31.1 Å². The number of rotatable bonds is 4. The SMILES string of the molecule is Cc1noc([C@H]2CCCN(C(=O)C[C@H](C)N3CCCCC3=O)C2)n1. The molecule has 2 aliphatic heterocycles. The Labute approximate surface area is 142 Å². The number of aryl methyl sites for hydroxylation is 1. The largest absolute Gasteiger partial charge is 0.342 e. The minimum atomic E-state index is -0.0312. The van der Waals surface area contributed by atoms with Crippen LogP contribution in [0, 0.1) is 6.92 Å². The molecule has 3 heterocycles. The zero-order chi connectivity index (χ0) is 17.1. The van der Waals surface area contributed by atoms with Gasteiger partial charge in [0.2, 0.25) is 17.7 Å². The summed E-state index contributed by atoms with van der Waals surface area (Å²) in [6.45, 7) is 5.95. The summed E-state index contributed by atoms with van der Waals surface area (Å²) in [4.78, 5) is 32.7. The molecule has 2 fully saturated rings. The molecule has 132 valence electrons. The van der Waals surface area contributed by atoms with Crippen molar-refractivity contribution in [3.05, 3.63) is 11.7 Å². The molecular weight excluding hydrogens is 308 g/mol. The molecule has 3 rings (SSSR count). The van der Waals surface area contributed by atoms with E-state index in [1.807, 2.05) is 16.7 Å². The zero-order valence-electron chi connectivity index (χ0n) is 14.5. The number of piperidine rings is 2. The van der Waals surface area contributed by atoms with Gasteiger partial charge < -0.3 is 14.3 Å². The fourth-order valence-corrected chi connectivity index (χ4v) is 3.67. The first-order valence-electron chi connectivity index (χ1n) is 8.92. The molecule has 24 heavy (non-hydrogen) atoms. The highest BCUT2D eigenvalue weighted by molar-refractivity contribution is 5.80. The molecule has 0 aromatic carbocycles. The van der Waals surface area contributed by atoms with Gasteiger partial charge in [0.25, 0.3) is 0 Å². The van der Waals surface area contributed by atoms with Crippen LogP contribution in [0.2, 0.25) is 0 Å². The van der Waals surface area contributed by atoms with E-state index in [0.717, 1.165) is 38.8 Å². The monoisotopic (exact) mass is 334 g/mol. The third kappa shape index (κ3) is 3.76. The van der Waals surface area contributed by atoms with E-state index in [9.17, 15) is 9.59 Å². The lowest BCUT2D eigenvalue weighted by Gasteiger charge is -2.35. The van der Waals surface area contributed by atoms with Crippen LogP contribution in [0.25, 0.3) is 0 Å². The predicted molar refractivity (Wildman–Crippen MR) is 87.2 cm³/mol. The molecule has 2 amide bonds. The standard InChI is InChI=1S/C17H26N4O3/c1-12(21-9-4-3-7-15(21)22)10-16(23)20-8-5-6-14(11-20)17-18-13(2)19-24-17/h12,14H,3-11H2,1-2H3/t12-,14-/m0/s1. The Balaban J connectivity index is 1.57. The molecule has 2 aliphatic rings. The van der Waals surface area contributed by atoms with Gasteiger partial charge in [0.1, 0.15) is 0 Å². The van der Waals surface area contributed by atoms with Crippen molar-refractivity contribution in [3.63, 3.8) is 0 Å². The van der Waals surface area contributed by atoms with Gasteiger partial charge in [-0.15, -0.1) is 0 Å². The first-order chi connectivity index (χ1) is 11.5. The predicted octanol–water partition coefficient (Wildman–Crippen LogP) is 1.88. The van der Waals surface area contributed by atoms with Crippen molar-refractivity contribution < 1.29 is 14.1 Å². The van der Waals surface area contributed by atoms with E-state index in [1.54, 1.807) is 6.92 Å². The molecule has 0 spiro atoms. The first kappa shape index (κ1) is 16.9. The topological polar surface area (TPSA) is 79.5 Å². The van der Waals surface area contributed by atoms with Crippen LogP contribution < -0.4 is 0 Å². The fourth-order valence-electron chi connectivity index (χ4n) is 3.67. The van der Waals surface area contributed by atoms with Crippen molar-refractivity contribution in [2.45, 2.75) is 64.3 Å². The first-order valence-corrected chi connectivity index (χ1v) is 8.92. The summed E-state index contributed by atoms with van der Waals surface area (Å²) >= 11 is 0. The van der Waals surface area contributed by atoms with Crippen LogP contribution in [0.1, 0.15) is 63.1 Å². The van der Waals surface area contributed by atoms with Crippen LogP contribution in [0.4, 0.5) is 0 Å². The van der Waals surface area contributed by atoms with E-state index in [2.05, 4.69) is 10.1 Å². The van der Waals surface area contributed by atoms with Crippen LogP contribution in [-0.4, -0.2) is 57.4 Å². The lowest BCUT2D eigenvalue weighted by atomic mass is 9.97. The molecule has 0 unspecified atom stereocenters. The summed E-state index contributed by atoms with van der Waals surface area (Å²) < 4.78 is 5.27. The van der Waals surface area contributed by atoms with Gasteiger partial charge in [0.15, 0.2) is 5.82 Å². The van der Waals surface area contributed by atoms with Crippen molar-refractivity contribution in [2.75, 3.05) is 19.6 Å². The summed E-state index contributed by atoms with van der Waals surface area (Å²) in [6.07, 6.45) is 4.91. The summed E-state index contributed by atoms with van der Waals surface area (Å²) in [5.41, 5.74) is 0. The highest BCUT2D eigenvalue weighted by Crippen LogP contribution is 2.26. The number of amides is 2. The average molecular weight is 334 g/mol. The summed E-state index contributed by atoms with van der Waals surface area (Å²) in [7, 11) is 0. The van der Waals surface area contributed by atoms with Gasteiger partial charge in [-0.1, -0.05) is 5.16 Å². The van der Waals surface area contributed by atoms with Crippen molar-refractivity contribution in [3.8, 4) is 0 Å². The second-order valence-electron chi connectivity index (χ2n) is 6.96. The number of hydrogen-bond acceptors (Lipinski definition) is 5. The normalized spacial score (nSPS) is 23.4. The smallest absolute Gasteiger partial charge is 0.231 e. The zero-order valence-corrected chi connectivity index (χ0v) is 14.5. The molecular formula is C17H26N4O3. The van der Waals surface area contributed by atoms with Gasteiger partial charge >= 0.3 is 0 Å². The Hall–Kier alpha value is -1.92. The lowest BCUT2D eigenvalue weighted by Crippen LogP contribution is -2.46. The van der Waals surface area contributed by atoms with Crippen LogP contribution in [0.15, 0.2) is 4.52 Å². The third-order valence-electron chi connectivity index (χ3n) is 5.03. The molecule has 7 nitrogen and oxygen atoms in total. The van der Waals surface area contributed by atoms with Gasteiger partial charge in [-0.05, 0) is 39.5 Å². The molecule has 2 saturated heterocycles. The highest BCUT2D eigenvalue weighted by Gasteiger charge is 2.31. The second kappa shape index (κ2) is 7.32. The van der Waals surface area contributed by atoms with E-state index in [1.165, 1.54) is 0 Å². The van der Waals surface area contributed by atoms with Gasteiger partial charge in [0, 0.05) is 38.5 Å². The number of carbonyl (C=O) groups excluding carboxylic acids is 2. The Morgan fingerprint density at radius 1 is 1.33 bits per heavy atom. The fraction of sp³-hybridized carbons (Fsp3) is 0.765. The number of hydrogen-bond donors (Lipinski definition) is 0. The molecule has 7 heteroatoms. The van der Waals surface area contributed by atoms with E-state index < -0.39 is 0 Å². The molecule has 0 saturated carbocycles. The highest BCUT2D eigenvalue weighted by atomic mass is 16.5. The number of nitrogens with zero attached hydrogens (tertiary/aromatic N) is 4. The minimum Gasteiger partial charge on any atom is -0.342 e. The van der Waals surface area contributed by atoms with Crippen LogP contribution in [0.3, 0.4) is 0 Å². The quantitative estimate of drug-likeness (QED) is 0.840. The molecule has 0 radical (unpaired) electrons. The van der Waals surface area contributed by atoms with E-state index in [4.69, 9.17) is 4.52 Å². The van der Waals surface area contributed by atoms with Gasteiger partial charge in [0.05, 0.1) is 5.92 Å². The number of aromatic nitrogens is 2. The Morgan fingerprint density at radius 2 is 2.17 bits per heavy atom. The van der Waals surface area contributed by atoms with E-state index >= 15 is 0 Å². The van der Waals surface area contributed by atoms with Crippen molar-refractivity contribution in [1.82, 2.24) is 19.9 Å².